The molecule has 0 atom stereocenters. The molecule has 1 N–H and O–H groups in total. The Hall–Kier alpha value is -3.65. The SMILES string of the molecule is CCOc1cc(/C=N\NC(=O)c2ccccc2Br)ccc1OC(=O)c1ccc(OC)cc1. The van der Waals surface area contributed by atoms with E-state index in [-0.39, 0.29) is 11.7 Å². The average Bonchev–Trinajstić information content (AvgIpc) is 2.81. The summed E-state index contributed by atoms with van der Waals surface area (Å²) in [5, 5.41) is 3.99. The molecule has 0 unspecified atom stereocenters. The van der Waals surface area contributed by atoms with Gasteiger partial charge in [0.1, 0.15) is 5.75 Å². The number of carbonyl (C=O) groups is 2. The summed E-state index contributed by atoms with van der Waals surface area (Å²) >= 11 is 3.34. The van der Waals surface area contributed by atoms with Gasteiger partial charge >= 0.3 is 5.97 Å². The summed E-state index contributed by atoms with van der Waals surface area (Å²) in [5.41, 5.74) is 3.99. The van der Waals surface area contributed by atoms with Crippen molar-refractivity contribution in [2.45, 2.75) is 6.92 Å². The molecule has 164 valence electrons. The van der Waals surface area contributed by atoms with Crippen LogP contribution in [0.25, 0.3) is 0 Å². The van der Waals surface area contributed by atoms with Crippen LogP contribution in [0.5, 0.6) is 17.2 Å². The third kappa shape index (κ3) is 5.95. The maximum absolute atomic E-state index is 12.5. The molecule has 8 heteroatoms. The number of hydrogen-bond acceptors (Lipinski definition) is 6. The van der Waals surface area contributed by atoms with Crippen molar-refractivity contribution >= 4 is 34.0 Å². The Balaban J connectivity index is 1.70. The monoisotopic (exact) mass is 496 g/mol. The zero-order valence-corrected chi connectivity index (χ0v) is 19.1. The van der Waals surface area contributed by atoms with E-state index in [1.807, 2.05) is 13.0 Å². The fourth-order valence-corrected chi connectivity index (χ4v) is 3.18. The number of nitrogens with zero attached hydrogens (tertiary/aromatic N) is 1. The molecule has 3 aromatic carbocycles. The van der Waals surface area contributed by atoms with E-state index in [9.17, 15) is 9.59 Å². The van der Waals surface area contributed by atoms with E-state index in [1.54, 1.807) is 67.8 Å². The van der Waals surface area contributed by atoms with Crippen LogP contribution in [0.2, 0.25) is 0 Å². The van der Waals surface area contributed by atoms with Gasteiger partial charge in [-0.05, 0) is 83.0 Å². The van der Waals surface area contributed by atoms with Crippen LogP contribution in [-0.2, 0) is 0 Å². The lowest BCUT2D eigenvalue weighted by Gasteiger charge is -2.11. The number of methoxy groups -OCH3 is 1. The molecule has 1 amide bonds. The van der Waals surface area contributed by atoms with Crippen molar-refractivity contribution in [3.8, 4) is 17.2 Å². The lowest BCUT2D eigenvalue weighted by atomic mass is 10.2. The lowest BCUT2D eigenvalue weighted by molar-refractivity contribution is 0.0728. The predicted octanol–water partition coefficient (Wildman–Crippen LogP) is 4.84. The summed E-state index contributed by atoms with van der Waals surface area (Å²) in [4.78, 5) is 24.7. The third-order valence-electron chi connectivity index (χ3n) is 4.29. The minimum absolute atomic E-state index is 0.280. The van der Waals surface area contributed by atoms with Gasteiger partial charge in [0, 0.05) is 4.47 Å². The predicted molar refractivity (Wildman–Crippen MR) is 125 cm³/mol. The second-order valence-electron chi connectivity index (χ2n) is 6.44. The van der Waals surface area contributed by atoms with Gasteiger partial charge in [-0.25, -0.2) is 10.2 Å². The van der Waals surface area contributed by atoms with Crippen molar-refractivity contribution in [2.24, 2.45) is 5.10 Å². The normalized spacial score (nSPS) is 10.6. The molecule has 0 aromatic heterocycles. The fraction of sp³-hybridized carbons (Fsp3) is 0.125. The zero-order chi connectivity index (χ0) is 22.9. The summed E-state index contributed by atoms with van der Waals surface area (Å²) in [5.74, 6) is 0.448. The molecule has 0 bridgehead atoms. The largest absolute Gasteiger partial charge is 0.497 e. The van der Waals surface area contributed by atoms with Crippen LogP contribution in [0.3, 0.4) is 0 Å². The van der Waals surface area contributed by atoms with Crippen molar-refractivity contribution in [1.82, 2.24) is 5.43 Å². The van der Waals surface area contributed by atoms with Crippen molar-refractivity contribution in [3.63, 3.8) is 0 Å². The number of esters is 1. The summed E-state index contributed by atoms with van der Waals surface area (Å²) in [6.07, 6.45) is 1.48. The molecular formula is C24H21BrN2O5. The molecular weight excluding hydrogens is 476 g/mol. The van der Waals surface area contributed by atoms with E-state index in [0.29, 0.717) is 39.3 Å². The van der Waals surface area contributed by atoms with E-state index in [4.69, 9.17) is 14.2 Å². The first kappa shape index (κ1) is 23.0. The maximum Gasteiger partial charge on any atom is 0.343 e. The Morgan fingerprint density at radius 2 is 1.78 bits per heavy atom. The standard InChI is InChI=1S/C24H21BrN2O5/c1-3-31-22-14-16(15-26-27-23(28)19-6-4-5-7-20(19)25)8-13-21(22)32-24(29)17-9-11-18(30-2)12-10-17/h4-15H,3H2,1-2H3,(H,27,28)/b26-15-. The fourth-order valence-electron chi connectivity index (χ4n) is 2.71. The molecule has 0 heterocycles. The molecule has 0 radical (unpaired) electrons. The van der Waals surface area contributed by atoms with E-state index in [1.165, 1.54) is 6.21 Å². The second kappa shape index (κ2) is 11.1. The van der Waals surface area contributed by atoms with Gasteiger partial charge in [-0.1, -0.05) is 12.1 Å². The highest BCUT2D eigenvalue weighted by molar-refractivity contribution is 9.10. The number of benzene rings is 3. The van der Waals surface area contributed by atoms with Crippen LogP contribution in [-0.4, -0.2) is 31.8 Å². The van der Waals surface area contributed by atoms with Gasteiger partial charge in [-0.15, -0.1) is 0 Å². The van der Waals surface area contributed by atoms with E-state index in [2.05, 4.69) is 26.5 Å². The maximum atomic E-state index is 12.5. The van der Waals surface area contributed by atoms with Gasteiger partial charge in [-0.3, -0.25) is 4.79 Å². The molecule has 3 aromatic rings. The van der Waals surface area contributed by atoms with Gasteiger partial charge in [0.05, 0.1) is 31.1 Å². The van der Waals surface area contributed by atoms with Crippen LogP contribution in [0.4, 0.5) is 0 Å². The average molecular weight is 497 g/mol. The Morgan fingerprint density at radius 1 is 1.03 bits per heavy atom. The summed E-state index contributed by atoms with van der Waals surface area (Å²) in [6.45, 7) is 2.21. The summed E-state index contributed by atoms with van der Waals surface area (Å²) < 4.78 is 16.9. The van der Waals surface area contributed by atoms with E-state index < -0.39 is 5.97 Å². The van der Waals surface area contributed by atoms with E-state index in [0.717, 1.165) is 0 Å². The number of ether oxygens (including phenoxy) is 3. The number of nitrogens with one attached hydrogen (secondary N) is 1. The highest BCUT2D eigenvalue weighted by Gasteiger charge is 2.14. The first-order valence-corrected chi connectivity index (χ1v) is 10.5. The minimum atomic E-state index is -0.518. The topological polar surface area (TPSA) is 86.2 Å². The number of amides is 1. The Bertz CT molecular complexity index is 1130. The summed E-state index contributed by atoms with van der Waals surface area (Å²) in [7, 11) is 1.55. The number of hydrogen-bond donors (Lipinski definition) is 1. The van der Waals surface area contributed by atoms with Gasteiger partial charge in [0.2, 0.25) is 0 Å². The molecule has 0 spiro atoms. The first-order chi connectivity index (χ1) is 15.5. The van der Waals surface area contributed by atoms with Gasteiger partial charge in [0.15, 0.2) is 11.5 Å². The van der Waals surface area contributed by atoms with Gasteiger partial charge in [0.25, 0.3) is 5.91 Å². The minimum Gasteiger partial charge on any atom is -0.497 e. The highest BCUT2D eigenvalue weighted by Crippen LogP contribution is 2.29. The van der Waals surface area contributed by atoms with Crippen molar-refractivity contribution in [2.75, 3.05) is 13.7 Å². The third-order valence-corrected chi connectivity index (χ3v) is 4.99. The molecule has 0 saturated carbocycles. The molecule has 32 heavy (non-hydrogen) atoms. The second-order valence-corrected chi connectivity index (χ2v) is 7.29. The quantitative estimate of drug-likeness (QED) is 0.208. The molecule has 3 rings (SSSR count). The lowest BCUT2D eigenvalue weighted by Crippen LogP contribution is -2.18. The van der Waals surface area contributed by atoms with Gasteiger partial charge in [-0.2, -0.15) is 5.10 Å². The van der Waals surface area contributed by atoms with Crippen LogP contribution >= 0.6 is 15.9 Å². The number of carbonyl (C=O) groups excluding carboxylic acids is 2. The number of hydrazone groups is 1. The summed E-state index contributed by atoms with van der Waals surface area (Å²) in [6, 6.07) is 18.7. The van der Waals surface area contributed by atoms with Crippen molar-refractivity contribution in [3.05, 3.63) is 87.9 Å². The smallest absolute Gasteiger partial charge is 0.343 e. The highest BCUT2D eigenvalue weighted by atomic mass is 79.9. The van der Waals surface area contributed by atoms with Crippen LogP contribution in [0, 0.1) is 0 Å². The zero-order valence-electron chi connectivity index (χ0n) is 17.5. The van der Waals surface area contributed by atoms with Crippen LogP contribution in [0.15, 0.2) is 76.3 Å². The number of rotatable bonds is 8. The Kier molecular flexibility index (Phi) is 7.99. The Labute approximate surface area is 194 Å². The van der Waals surface area contributed by atoms with E-state index >= 15 is 0 Å². The molecule has 7 nitrogen and oxygen atoms in total. The number of halogens is 1. The molecule has 0 saturated heterocycles. The van der Waals surface area contributed by atoms with Crippen molar-refractivity contribution in [1.29, 1.82) is 0 Å². The van der Waals surface area contributed by atoms with Crippen LogP contribution in [0.1, 0.15) is 33.2 Å². The molecule has 0 aliphatic heterocycles. The first-order valence-electron chi connectivity index (χ1n) is 9.72. The Morgan fingerprint density at radius 3 is 2.47 bits per heavy atom. The van der Waals surface area contributed by atoms with Gasteiger partial charge < -0.3 is 14.2 Å². The molecule has 0 aliphatic rings. The molecule has 0 aliphatic carbocycles. The van der Waals surface area contributed by atoms with Crippen LogP contribution < -0.4 is 19.6 Å². The molecule has 0 fully saturated rings. The van der Waals surface area contributed by atoms with Crippen molar-refractivity contribution < 1.29 is 23.8 Å².